The first-order chi connectivity index (χ1) is 9.03. The van der Waals surface area contributed by atoms with Crippen LogP contribution in [0, 0.1) is 0 Å². The van der Waals surface area contributed by atoms with Crippen molar-refractivity contribution in [2.75, 3.05) is 16.2 Å². The summed E-state index contributed by atoms with van der Waals surface area (Å²) in [5.41, 5.74) is 6.74. The van der Waals surface area contributed by atoms with Crippen LogP contribution in [0.2, 0.25) is 0 Å². The molecule has 0 aliphatic rings. The molecule has 4 nitrogen and oxygen atoms in total. The Morgan fingerprint density at radius 2 is 1.58 bits per heavy atom. The third-order valence-electron chi connectivity index (χ3n) is 2.95. The smallest absolute Gasteiger partial charge is 0.232 e. The molecule has 108 valence electrons. The van der Waals surface area contributed by atoms with Gasteiger partial charge < -0.3 is 5.73 Å². The zero-order valence-electron chi connectivity index (χ0n) is 11.6. The van der Waals surface area contributed by atoms with E-state index < -0.39 is 10.0 Å². The maximum atomic E-state index is 11.8. The number of nitrogens with one attached hydrogen (secondary N) is 1. The lowest BCUT2D eigenvalue weighted by Gasteiger charge is -2.08. The van der Waals surface area contributed by atoms with Gasteiger partial charge in [0, 0.05) is 11.4 Å². The van der Waals surface area contributed by atoms with Gasteiger partial charge in [0.2, 0.25) is 10.0 Å². The van der Waals surface area contributed by atoms with Gasteiger partial charge in [-0.15, -0.1) is 0 Å². The van der Waals surface area contributed by atoms with E-state index in [-0.39, 0.29) is 5.75 Å². The van der Waals surface area contributed by atoms with E-state index in [0.717, 1.165) is 12.8 Å². The minimum atomic E-state index is -3.23. The molecule has 0 spiro atoms. The Hall–Kier alpha value is -1.23. The summed E-state index contributed by atoms with van der Waals surface area (Å²) in [7, 11) is -3.23. The minimum Gasteiger partial charge on any atom is -0.399 e. The standard InChI is InChI=1S/C14H24N2O2S/c1-2-3-4-5-6-7-12-19(17,18)16-14-10-8-13(15)9-11-14/h8-11,16H,2-7,12,15H2,1H3. The molecule has 0 atom stereocenters. The van der Waals surface area contributed by atoms with Crippen LogP contribution in [-0.4, -0.2) is 14.2 Å². The van der Waals surface area contributed by atoms with Gasteiger partial charge in [0.15, 0.2) is 0 Å². The first-order valence-electron chi connectivity index (χ1n) is 6.89. The second-order valence-electron chi connectivity index (χ2n) is 4.81. The monoisotopic (exact) mass is 284 g/mol. The van der Waals surface area contributed by atoms with E-state index in [9.17, 15) is 8.42 Å². The van der Waals surface area contributed by atoms with Gasteiger partial charge in [-0.3, -0.25) is 4.72 Å². The van der Waals surface area contributed by atoms with E-state index >= 15 is 0 Å². The van der Waals surface area contributed by atoms with Gasteiger partial charge in [0.25, 0.3) is 0 Å². The summed E-state index contributed by atoms with van der Waals surface area (Å²) >= 11 is 0. The number of nitrogens with two attached hydrogens (primary N) is 1. The summed E-state index contributed by atoms with van der Waals surface area (Å²) in [6.45, 7) is 2.17. The Balaban J connectivity index is 2.30. The summed E-state index contributed by atoms with van der Waals surface area (Å²) in [4.78, 5) is 0. The van der Waals surface area contributed by atoms with Crippen LogP contribution in [0.5, 0.6) is 0 Å². The molecule has 0 aliphatic carbocycles. The minimum absolute atomic E-state index is 0.184. The molecule has 3 N–H and O–H groups in total. The first kappa shape index (κ1) is 15.8. The van der Waals surface area contributed by atoms with Crippen molar-refractivity contribution in [3.63, 3.8) is 0 Å². The predicted molar refractivity (Wildman–Crippen MR) is 81.6 cm³/mol. The summed E-state index contributed by atoms with van der Waals surface area (Å²) < 4.78 is 26.2. The number of hydrogen-bond donors (Lipinski definition) is 2. The van der Waals surface area contributed by atoms with E-state index in [1.165, 1.54) is 19.3 Å². The highest BCUT2D eigenvalue weighted by atomic mass is 32.2. The molecule has 0 fully saturated rings. The van der Waals surface area contributed by atoms with E-state index in [1.54, 1.807) is 24.3 Å². The normalized spacial score (nSPS) is 11.4. The second-order valence-corrected chi connectivity index (χ2v) is 6.65. The molecule has 1 aromatic carbocycles. The lowest BCUT2D eigenvalue weighted by atomic mass is 10.1. The number of hydrogen-bond acceptors (Lipinski definition) is 3. The number of unbranched alkanes of at least 4 members (excludes halogenated alkanes) is 5. The lowest BCUT2D eigenvalue weighted by molar-refractivity contribution is 0.588. The molecule has 0 heterocycles. The molecule has 0 saturated carbocycles. The van der Waals surface area contributed by atoms with E-state index in [4.69, 9.17) is 5.73 Å². The highest BCUT2D eigenvalue weighted by Gasteiger charge is 2.09. The van der Waals surface area contributed by atoms with Crippen LogP contribution in [-0.2, 0) is 10.0 Å². The number of rotatable bonds is 9. The van der Waals surface area contributed by atoms with Gasteiger partial charge in [-0.2, -0.15) is 0 Å². The van der Waals surface area contributed by atoms with Crippen molar-refractivity contribution < 1.29 is 8.42 Å². The molecule has 19 heavy (non-hydrogen) atoms. The SMILES string of the molecule is CCCCCCCCS(=O)(=O)Nc1ccc(N)cc1. The third-order valence-corrected chi connectivity index (χ3v) is 4.32. The van der Waals surface area contributed by atoms with E-state index in [1.807, 2.05) is 0 Å². The van der Waals surface area contributed by atoms with Crippen LogP contribution < -0.4 is 10.5 Å². The largest absolute Gasteiger partial charge is 0.399 e. The Labute approximate surface area is 116 Å². The molecule has 0 aliphatic heterocycles. The van der Waals surface area contributed by atoms with Crippen molar-refractivity contribution in [2.24, 2.45) is 0 Å². The quantitative estimate of drug-likeness (QED) is 0.539. The van der Waals surface area contributed by atoms with Crippen molar-refractivity contribution >= 4 is 21.4 Å². The molecule has 0 bridgehead atoms. The van der Waals surface area contributed by atoms with Crippen molar-refractivity contribution in [3.8, 4) is 0 Å². The molecular formula is C14H24N2O2S. The fourth-order valence-electron chi connectivity index (χ4n) is 1.85. The Morgan fingerprint density at radius 1 is 1.00 bits per heavy atom. The number of benzene rings is 1. The number of anilines is 2. The van der Waals surface area contributed by atoms with Crippen molar-refractivity contribution in [3.05, 3.63) is 24.3 Å². The fraction of sp³-hybridized carbons (Fsp3) is 0.571. The van der Waals surface area contributed by atoms with Gasteiger partial charge in [0.1, 0.15) is 0 Å². The number of sulfonamides is 1. The average Bonchev–Trinajstić information content (AvgIpc) is 2.36. The second kappa shape index (κ2) is 8.04. The highest BCUT2D eigenvalue weighted by Crippen LogP contribution is 2.13. The van der Waals surface area contributed by atoms with E-state index in [0.29, 0.717) is 17.8 Å². The molecular weight excluding hydrogens is 260 g/mol. The molecule has 0 radical (unpaired) electrons. The Bertz CT molecular complexity index is 455. The van der Waals surface area contributed by atoms with Gasteiger partial charge in [-0.25, -0.2) is 8.42 Å². The van der Waals surface area contributed by atoms with Gasteiger partial charge in [0.05, 0.1) is 5.75 Å². The van der Waals surface area contributed by atoms with Crippen molar-refractivity contribution in [2.45, 2.75) is 45.4 Å². The van der Waals surface area contributed by atoms with Crippen LogP contribution in [0.4, 0.5) is 11.4 Å². The van der Waals surface area contributed by atoms with Crippen LogP contribution in [0.15, 0.2) is 24.3 Å². The summed E-state index contributed by atoms with van der Waals surface area (Å²) in [6, 6.07) is 6.72. The van der Waals surface area contributed by atoms with Crippen LogP contribution in [0.25, 0.3) is 0 Å². The molecule has 0 unspecified atom stereocenters. The van der Waals surface area contributed by atoms with Gasteiger partial charge >= 0.3 is 0 Å². The fourth-order valence-corrected chi connectivity index (χ4v) is 3.04. The van der Waals surface area contributed by atoms with Crippen LogP contribution in [0.1, 0.15) is 45.4 Å². The predicted octanol–water partition coefficient (Wildman–Crippen LogP) is 3.37. The Morgan fingerprint density at radius 3 is 2.21 bits per heavy atom. The van der Waals surface area contributed by atoms with Crippen LogP contribution in [0.3, 0.4) is 0 Å². The molecule has 0 amide bonds. The third kappa shape index (κ3) is 7.06. The molecule has 0 aromatic heterocycles. The van der Waals surface area contributed by atoms with Crippen LogP contribution >= 0.6 is 0 Å². The average molecular weight is 284 g/mol. The summed E-state index contributed by atoms with van der Waals surface area (Å²) in [5, 5.41) is 0. The maximum Gasteiger partial charge on any atom is 0.232 e. The molecule has 5 heteroatoms. The molecule has 1 rings (SSSR count). The molecule has 0 saturated heterocycles. The molecule has 1 aromatic rings. The van der Waals surface area contributed by atoms with Crippen molar-refractivity contribution in [1.82, 2.24) is 0 Å². The first-order valence-corrected chi connectivity index (χ1v) is 8.55. The highest BCUT2D eigenvalue weighted by molar-refractivity contribution is 7.92. The van der Waals surface area contributed by atoms with E-state index in [2.05, 4.69) is 11.6 Å². The lowest BCUT2D eigenvalue weighted by Crippen LogP contribution is -2.16. The summed E-state index contributed by atoms with van der Waals surface area (Å²) in [5.74, 6) is 0.184. The zero-order chi connectivity index (χ0) is 14.1. The maximum absolute atomic E-state index is 11.8. The van der Waals surface area contributed by atoms with Crippen molar-refractivity contribution in [1.29, 1.82) is 0 Å². The zero-order valence-corrected chi connectivity index (χ0v) is 12.4. The number of nitrogen functional groups attached to an aromatic ring is 1. The topological polar surface area (TPSA) is 72.2 Å². The van der Waals surface area contributed by atoms with Gasteiger partial charge in [-0.05, 0) is 30.7 Å². The van der Waals surface area contributed by atoms with Gasteiger partial charge in [-0.1, -0.05) is 39.0 Å². The summed E-state index contributed by atoms with van der Waals surface area (Å²) in [6.07, 6.45) is 6.44. The Kier molecular flexibility index (Phi) is 6.70.